The van der Waals surface area contributed by atoms with Crippen LogP contribution in [0.5, 0.6) is 23.0 Å². The average Bonchev–Trinajstić information content (AvgIpc) is 2.75. The van der Waals surface area contributed by atoms with Crippen LogP contribution in [0.15, 0.2) is 36.4 Å². The predicted octanol–water partition coefficient (Wildman–Crippen LogP) is 2.97. The first-order chi connectivity index (χ1) is 14.0. The minimum absolute atomic E-state index is 0.315. The number of hydrazine groups is 1. The molecule has 2 aromatic rings. The molecule has 0 spiro atoms. The lowest BCUT2D eigenvalue weighted by atomic mass is 10.2. The Morgan fingerprint density at radius 3 is 1.83 bits per heavy atom. The summed E-state index contributed by atoms with van der Waals surface area (Å²) in [4.78, 5) is 24.7. The van der Waals surface area contributed by atoms with Gasteiger partial charge in [-0.15, -0.1) is 0 Å². The van der Waals surface area contributed by atoms with Crippen molar-refractivity contribution in [3.63, 3.8) is 0 Å². The van der Waals surface area contributed by atoms with E-state index in [9.17, 15) is 9.59 Å². The summed E-state index contributed by atoms with van der Waals surface area (Å²) in [6.45, 7) is 4.80. The van der Waals surface area contributed by atoms with Crippen molar-refractivity contribution in [1.82, 2.24) is 10.9 Å². The fraction of sp³-hybridized carbons (Fsp3) is 0.333. The molecule has 0 aromatic heterocycles. The van der Waals surface area contributed by atoms with Gasteiger partial charge in [-0.25, -0.2) is 0 Å². The second-order valence-corrected chi connectivity index (χ2v) is 5.92. The van der Waals surface area contributed by atoms with Gasteiger partial charge in [0.25, 0.3) is 11.8 Å². The Kier molecular flexibility index (Phi) is 8.14. The highest BCUT2D eigenvalue weighted by atomic mass is 16.5. The van der Waals surface area contributed by atoms with Gasteiger partial charge < -0.3 is 18.9 Å². The largest absolute Gasteiger partial charge is 0.493 e. The fourth-order valence-corrected chi connectivity index (χ4v) is 2.48. The smallest absolute Gasteiger partial charge is 0.269 e. The first kappa shape index (κ1) is 21.9. The fourth-order valence-electron chi connectivity index (χ4n) is 2.48. The first-order valence-corrected chi connectivity index (χ1v) is 9.26. The monoisotopic (exact) mass is 402 g/mol. The molecule has 0 radical (unpaired) electrons. The molecular formula is C21H26N2O6. The lowest BCUT2D eigenvalue weighted by molar-refractivity contribution is 0.0846. The minimum Gasteiger partial charge on any atom is -0.493 e. The molecule has 0 heterocycles. The molecule has 0 bridgehead atoms. The predicted molar refractivity (Wildman–Crippen MR) is 108 cm³/mol. The molecule has 8 heteroatoms. The number of carbonyl (C=O) groups is 2. The topological polar surface area (TPSA) is 95.1 Å². The third kappa shape index (κ3) is 5.78. The second kappa shape index (κ2) is 10.8. The molecule has 0 saturated heterocycles. The van der Waals surface area contributed by atoms with Gasteiger partial charge in [0.1, 0.15) is 0 Å². The van der Waals surface area contributed by atoms with Crippen molar-refractivity contribution in [2.24, 2.45) is 0 Å². The van der Waals surface area contributed by atoms with Crippen LogP contribution in [0, 0.1) is 0 Å². The Morgan fingerprint density at radius 1 is 0.759 bits per heavy atom. The van der Waals surface area contributed by atoms with Gasteiger partial charge in [-0.05, 0) is 49.7 Å². The van der Waals surface area contributed by atoms with Crippen LogP contribution in [-0.4, -0.2) is 39.2 Å². The summed E-state index contributed by atoms with van der Waals surface area (Å²) in [7, 11) is 3.02. The van der Waals surface area contributed by atoms with E-state index in [1.807, 2.05) is 13.8 Å². The van der Waals surface area contributed by atoms with Crippen molar-refractivity contribution in [2.75, 3.05) is 27.4 Å². The van der Waals surface area contributed by atoms with Gasteiger partial charge >= 0.3 is 0 Å². The maximum atomic E-state index is 12.4. The van der Waals surface area contributed by atoms with Gasteiger partial charge in [0, 0.05) is 11.1 Å². The summed E-state index contributed by atoms with van der Waals surface area (Å²) in [6, 6.07) is 9.55. The van der Waals surface area contributed by atoms with E-state index < -0.39 is 11.8 Å². The molecule has 0 fully saturated rings. The van der Waals surface area contributed by atoms with Crippen LogP contribution in [0.1, 0.15) is 41.0 Å². The summed E-state index contributed by atoms with van der Waals surface area (Å²) in [5, 5.41) is 0. The summed E-state index contributed by atoms with van der Waals surface area (Å²) in [5.74, 6) is 0.978. The number of methoxy groups -OCH3 is 2. The molecule has 2 N–H and O–H groups in total. The number of hydrogen-bond acceptors (Lipinski definition) is 6. The Hall–Kier alpha value is -3.42. The molecule has 0 saturated carbocycles. The van der Waals surface area contributed by atoms with Gasteiger partial charge in [-0.2, -0.15) is 0 Å². The number of carbonyl (C=O) groups excluding carboxylic acids is 2. The summed E-state index contributed by atoms with van der Waals surface area (Å²) in [5.41, 5.74) is 5.40. The first-order valence-electron chi connectivity index (χ1n) is 9.26. The van der Waals surface area contributed by atoms with E-state index in [1.165, 1.54) is 14.2 Å². The number of ether oxygens (including phenoxy) is 4. The van der Waals surface area contributed by atoms with Crippen LogP contribution in [0.4, 0.5) is 0 Å². The van der Waals surface area contributed by atoms with Crippen LogP contribution in [-0.2, 0) is 0 Å². The maximum Gasteiger partial charge on any atom is 0.269 e. The number of amides is 2. The lowest BCUT2D eigenvalue weighted by Crippen LogP contribution is -2.41. The molecule has 2 amide bonds. The minimum atomic E-state index is -0.489. The number of nitrogens with one attached hydrogen (secondary N) is 2. The molecule has 29 heavy (non-hydrogen) atoms. The summed E-state index contributed by atoms with van der Waals surface area (Å²) >= 11 is 0. The molecule has 0 aliphatic carbocycles. The third-order valence-electron chi connectivity index (χ3n) is 3.90. The molecule has 0 aliphatic rings. The van der Waals surface area contributed by atoms with E-state index in [4.69, 9.17) is 18.9 Å². The average molecular weight is 402 g/mol. The van der Waals surface area contributed by atoms with Crippen LogP contribution in [0.3, 0.4) is 0 Å². The Labute approximate surface area is 170 Å². The van der Waals surface area contributed by atoms with Crippen molar-refractivity contribution >= 4 is 11.8 Å². The van der Waals surface area contributed by atoms with E-state index in [-0.39, 0.29) is 0 Å². The van der Waals surface area contributed by atoms with E-state index in [1.54, 1.807) is 36.4 Å². The van der Waals surface area contributed by atoms with Crippen LogP contribution < -0.4 is 29.8 Å². The van der Waals surface area contributed by atoms with E-state index in [0.29, 0.717) is 47.3 Å². The molecule has 8 nitrogen and oxygen atoms in total. The third-order valence-corrected chi connectivity index (χ3v) is 3.90. The SMILES string of the molecule is CCCOc1ccc(C(=O)NNC(=O)c2ccc(OC)c(OCC)c2)cc1OC. The number of hydrogen-bond donors (Lipinski definition) is 2. The van der Waals surface area contributed by atoms with E-state index in [0.717, 1.165) is 6.42 Å². The second-order valence-electron chi connectivity index (χ2n) is 5.92. The molecular weight excluding hydrogens is 376 g/mol. The van der Waals surface area contributed by atoms with Gasteiger partial charge in [-0.3, -0.25) is 20.4 Å². The zero-order valence-corrected chi connectivity index (χ0v) is 17.0. The van der Waals surface area contributed by atoms with Gasteiger partial charge in [0.15, 0.2) is 23.0 Å². The Morgan fingerprint density at radius 2 is 1.31 bits per heavy atom. The zero-order chi connectivity index (χ0) is 21.2. The normalized spacial score (nSPS) is 10.1. The molecule has 156 valence electrons. The molecule has 2 aromatic carbocycles. The van der Waals surface area contributed by atoms with E-state index >= 15 is 0 Å². The van der Waals surface area contributed by atoms with Crippen LogP contribution >= 0.6 is 0 Å². The van der Waals surface area contributed by atoms with Gasteiger partial charge in [-0.1, -0.05) is 6.92 Å². The lowest BCUT2D eigenvalue weighted by Gasteiger charge is -2.13. The summed E-state index contributed by atoms with van der Waals surface area (Å²) in [6.07, 6.45) is 0.855. The molecule has 0 atom stereocenters. The van der Waals surface area contributed by atoms with Gasteiger partial charge in [0.05, 0.1) is 27.4 Å². The quantitative estimate of drug-likeness (QED) is 0.626. The molecule has 0 aliphatic heterocycles. The van der Waals surface area contributed by atoms with Crippen LogP contribution in [0.25, 0.3) is 0 Å². The molecule has 0 unspecified atom stereocenters. The Balaban J connectivity index is 2.05. The highest BCUT2D eigenvalue weighted by molar-refractivity contribution is 5.99. The number of benzene rings is 2. The number of rotatable bonds is 9. The maximum absolute atomic E-state index is 12.4. The molecule has 2 rings (SSSR count). The highest BCUT2D eigenvalue weighted by Gasteiger charge is 2.14. The van der Waals surface area contributed by atoms with Crippen molar-refractivity contribution in [1.29, 1.82) is 0 Å². The van der Waals surface area contributed by atoms with Crippen molar-refractivity contribution in [3.05, 3.63) is 47.5 Å². The summed E-state index contributed by atoms with van der Waals surface area (Å²) < 4.78 is 21.5. The Bertz CT molecular complexity index is 853. The van der Waals surface area contributed by atoms with Crippen molar-refractivity contribution < 1.29 is 28.5 Å². The van der Waals surface area contributed by atoms with E-state index in [2.05, 4.69) is 10.9 Å². The van der Waals surface area contributed by atoms with Crippen LogP contribution in [0.2, 0.25) is 0 Å². The highest BCUT2D eigenvalue weighted by Crippen LogP contribution is 2.29. The standard InChI is InChI=1S/C21H26N2O6/c1-5-11-29-17-10-8-14(12-18(17)27-4)20(24)22-23-21(25)15-7-9-16(26-3)19(13-15)28-6-2/h7-10,12-13H,5-6,11H2,1-4H3,(H,22,24)(H,23,25). The van der Waals surface area contributed by atoms with Crippen molar-refractivity contribution in [3.8, 4) is 23.0 Å². The van der Waals surface area contributed by atoms with Crippen molar-refractivity contribution in [2.45, 2.75) is 20.3 Å². The van der Waals surface area contributed by atoms with Gasteiger partial charge in [0.2, 0.25) is 0 Å². The zero-order valence-electron chi connectivity index (χ0n) is 17.0.